The SMILES string of the molecule is CCC(CN)CC(=O)Nc1c(C)cccc1C. The number of hydrogen-bond acceptors (Lipinski definition) is 2. The first kappa shape index (κ1) is 13.7. The van der Waals surface area contributed by atoms with Crippen molar-refractivity contribution in [1.29, 1.82) is 0 Å². The zero-order valence-corrected chi connectivity index (χ0v) is 10.9. The number of nitrogens with one attached hydrogen (secondary N) is 1. The molecule has 3 heteroatoms. The lowest BCUT2D eigenvalue weighted by Gasteiger charge is -2.14. The van der Waals surface area contributed by atoms with Crippen LogP contribution in [0.4, 0.5) is 5.69 Å². The Labute approximate surface area is 103 Å². The minimum absolute atomic E-state index is 0.0553. The first-order valence-corrected chi connectivity index (χ1v) is 6.14. The van der Waals surface area contributed by atoms with Gasteiger partial charge in [-0.2, -0.15) is 0 Å². The zero-order valence-electron chi connectivity index (χ0n) is 10.9. The molecule has 0 bridgehead atoms. The average molecular weight is 234 g/mol. The molecule has 1 unspecified atom stereocenters. The van der Waals surface area contributed by atoms with E-state index in [2.05, 4.69) is 12.2 Å². The molecule has 3 N–H and O–H groups in total. The second kappa shape index (κ2) is 6.40. The van der Waals surface area contributed by atoms with E-state index >= 15 is 0 Å². The van der Waals surface area contributed by atoms with Gasteiger partial charge in [0.1, 0.15) is 0 Å². The lowest BCUT2D eigenvalue weighted by molar-refractivity contribution is -0.117. The highest BCUT2D eigenvalue weighted by Crippen LogP contribution is 2.20. The van der Waals surface area contributed by atoms with Gasteiger partial charge >= 0.3 is 0 Å². The van der Waals surface area contributed by atoms with E-state index in [1.807, 2.05) is 32.0 Å². The van der Waals surface area contributed by atoms with Gasteiger partial charge in [0.15, 0.2) is 0 Å². The lowest BCUT2D eigenvalue weighted by Crippen LogP contribution is -2.22. The van der Waals surface area contributed by atoms with Crippen LogP contribution in [0, 0.1) is 19.8 Å². The summed E-state index contributed by atoms with van der Waals surface area (Å²) in [7, 11) is 0. The second-order valence-electron chi connectivity index (χ2n) is 4.53. The summed E-state index contributed by atoms with van der Waals surface area (Å²) in [5.41, 5.74) is 8.73. The van der Waals surface area contributed by atoms with Crippen LogP contribution in [0.1, 0.15) is 30.9 Å². The topological polar surface area (TPSA) is 55.1 Å². The molecule has 0 aliphatic heterocycles. The van der Waals surface area contributed by atoms with Crippen LogP contribution in [0.15, 0.2) is 18.2 Å². The first-order valence-electron chi connectivity index (χ1n) is 6.14. The lowest BCUT2D eigenvalue weighted by atomic mass is 10.0. The number of aryl methyl sites for hydroxylation is 2. The van der Waals surface area contributed by atoms with Crippen molar-refractivity contribution >= 4 is 11.6 Å². The predicted molar refractivity (Wildman–Crippen MR) is 72.0 cm³/mol. The normalized spacial score (nSPS) is 12.2. The molecule has 0 radical (unpaired) electrons. The van der Waals surface area contributed by atoms with Gasteiger partial charge in [0.25, 0.3) is 0 Å². The molecule has 0 aliphatic carbocycles. The minimum Gasteiger partial charge on any atom is -0.330 e. The molecule has 1 rings (SSSR count). The number of anilines is 1. The first-order chi connectivity index (χ1) is 8.08. The number of rotatable bonds is 5. The monoisotopic (exact) mass is 234 g/mol. The van der Waals surface area contributed by atoms with Crippen molar-refractivity contribution in [3.8, 4) is 0 Å². The molecule has 3 nitrogen and oxygen atoms in total. The van der Waals surface area contributed by atoms with Gasteiger partial charge < -0.3 is 11.1 Å². The Morgan fingerprint density at radius 2 is 1.94 bits per heavy atom. The van der Waals surface area contributed by atoms with Crippen LogP contribution in [0.3, 0.4) is 0 Å². The number of carbonyl (C=O) groups is 1. The molecule has 17 heavy (non-hydrogen) atoms. The zero-order chi connectivity index (χ0) is 12.8. The molecule has 1 atom stereocenters. The molecule has 1 aromatic rings. The summed E-state index contributed by atoms with van der Waals surface area (Å²) < 4.78 is 0. The number of nitrogens with two attached hydrogens (primary N) is 1. The summed E-state index contributed by atoms with van der Waals surface area (Å²) in [4.78, 5) is 11.9. The average Bonchev–Trinajstić information content (AvgIpc) is 2.31. The van der Waals surface area contributed by atoms with Gasteiger partial charge in [-0.25, -0.2) is 0 Å². The third-order valence-electron chi connectivity index (χ3n) is 3.13. The van der Waals surface area contributed by atoms with Crippen molar-refractivity contribution in [2.24, 2.45) is 11.7 Å². The molecule has 0 aliphatic rings. The van der Waals surface area contributed by atoms with Gasteiger partial charge in [-0.3, -0.25) is 4.79 Å². The summed E-state index contributed by atoms with van der Waals surface area (Å²) >= 11 is 0. The molecule has 0 fully saturated rings. The minimum atomic E-state index is 0.0553. The number of amides is 1. The highest BCUT2D eigenvalue weighted by atomic mass is 16.1. The molecule has 0 heterocycles. The Morgan fingerprint density at radius 1 is 1.35 bits per heavy atom. The van der Waals surface area contributed by atoms with Gasteiger partial charge in [-0.1, -0.05) is 31.5 Å². The maximum atomic E-state index is 11.9. The van der Waals surface area contributed by atoms with Crippen molar-refractivity contribution in [2.75, 3.05) is 11.9 Å². The van der Waals surface area contributed by atoms with Gasteiger partial charge in [-0.05, 0) is 37.4 Å². The predicted octanol–water partition coefficient (Wildman–Crippen LogP) is 2.62. The van der Waals surface area contributed by atoms with E-state index < -0.39 is 0 Å². The summed E-state index contributed by atoms with van der Waals surface area (Å²) in [5, 5.41) is 2.98. The van der Waals surface area contributed by atoms with Crippen molar-refractivity contribution in [3.05, 3.63) is 29.3 Å². The van der Waals surface area contributed by atoms with Crippen LogP contribution in [0.5, 0.6) is 0 Å². The van der Waals surface area contributed by atoms with E-state index in [0.29, 0.717) is 13.0 Å². The van der Waals surface area contributed by atoms with E-state index in [1.54, 1.807) is 0 Å². The van der Waals surface area contributed by atoms with Gasteiger partial charge in [0.2, 0.25) is 5.91 Å². The second-order valence-corrected chi connectivity index (χ2v) is 4.53. The molecule has 1 aromatic carbocycles. The summed E-state index contributed by atoms with van der Waals surface area (Å²) in [6.45, 7) is 6.63. The molecular formula is C14H22N2O. The Kier molecular flexibility index (Phi) is 5.16. The number of benzene rings is 1. The molecular weight excluding hydrogens is 212 g/mol. The fraction of sp³-hybridized carbons (Fsp3) is 0.500. The molecule has 0 saturated carbocycles. The van der Waals surface area contributed by atoms with Crippen LogP contribution < -0.4 is 11.1 Å². The highest BCUT2D eigenvalue weighted by molar-refractivity contribution is 5.92. The van der Waals surface area contributed by atoms with Crippen LogP contribution in [-0.2, 0) is 4.79 Å². The van der Waals surface area contributed by atoms with E-state index in [-0.39, 0.29) is 11.8 Å². The largest absolute Gasteiger partial charge is 0.330 e. The molecule has 0 aromatic heterocycles. The molecule has 0 spiro atoms. The van der Waals surface area contributed by atoms with Crippen molar-refractivity contribution < 1.29 is 4.79 Å². The van der Waals surface area contributed by atoms with Crippen LogP contribution >= 0.6 is 0 Å². The van der Waals surface area contributed by atoms with Crippen LogP contribution in [0.2, 0.25) is 0 Å². The Bertz CT molecular complexity index is 364. The maximum Gasteiger partial charge on any atom is 0.224 e. The molecule has 1 amide bonds. The third kappa shape index (κ3) is 3.86. The smallest absolute Gasteiger partial charge is 0.224 e. The number of para-hydroxylation sites is 1. The van der Waals surface area contributed by atoms with Crippen molar-refractivity contribution in [2.45, 2.75) is 33.6 Å². The summed E-state index contributed by atoms with van der Waals surface area (Å²) in [6, 6.07) is 6.00. The van der Waals surface area contributed by atoms with Crippen LogP contribution in [-0.4, -0.2) is 12.5 Å². The van der Waals surface area contributed by atoms with E-state index in [1.165, 1.54) is 0 Å². The maximum absolute atomic E-state index is 11.9. The molecule has 0 saturated heterocycles. The van der Waals surface area contributed by atoms with Gasteiger partial charge in [-0.15, -0.1) is 0 Å². The van der Waals surface area contributed by atoms with Crippen molar-refractivity contribution in [3.63, 3.8) is 0 Å². The number of hydrogen-bond donors (Lipinski definition) is 2. The third-order valence-corrected chi connectivity index (χ3v) is 3.13. The Morgan fingerprint density at radius 3 is 2.41 bits per heavy atom. The Hall–Kier alpha value is -1.35. The van der Waals surface area contributed by atoms with Gasteiger partial charge in [0.05, 0.1) is 0 Å². The van der Waals surface area contributed by atoms with Crippen LogP contribution in [0.25, 0.3) is 0 Å². The number of carbonyl (C=O) groups excluding carboxylic acids is 1. The van der Waals surface area contributed by atoms with E-state index in [9.17, 15) is 4.79 Å². The van der Waals surface area contributed by atoms with Crippen molar-refractivity contribution in [1.82, 2.24) is 0 Å². The quantitative estimate of drug-likeness (QED) is 0.822. The summed E-state index contributed by atoms with van der Waals surface area (Å²) in [5.74, 6) is 0.332. The molecule has 94 valence electrons. The fourth-order valence-corrected chi connectivity index (χ4v) is 1.86. The summed E-state index contributed by atoms with van der Waals surface area (Å²) in [6.07, 6.45) is 1.44. The highest BCUT2D eigenvalue weighted by Gasteiger charge is 2.12. The van der Waals surface area contributed by atoms with E-state index in [0.717, 1.165) is 23.2 Å². The Balaban J connectivity index is 2.68. The fourth-order valence-electron chi connectivity index (χ4n) is 1.86. The van der Waals surface area contributed by atoms with E-state index in [4.69, 9.17) is 5.73 Å². The van der Waals surface area contributed by atoms with Gasteiger partial charge in [0, 0.05) is 12.1 Å². The standard InChI is InChI=1S/C14H22N2O/c1-4-12(9-15)8-13(17)16-14-10(2)6-5-7-11(14)3/h5-7,12H,4,8-9,15H2,1-3H3,(H,16,17).